The summed E-state index contributed by atoms with van der Waals surface area (Å²) in [7, 11) is 0. The molecule has 3 rings (SSSR count). The molecule has 1 fully saturated rings. The minimum Gasteiger partial charge on any atom is -0.507 e. The van der Waals surface area contributed by atoms with Crippen molar-refractivity contribution in [3.05, 3.63) is 41.0 Å². The lowest BCUT2D eigenvalue weighted by atomic mass is 9.86. The van der Waals surface area contributed by atoms with Gasteiger partial charge in [-0.05, 0) is 68.0 Å². The Morgan fingerprint density at radius 1 is 1.17 bits per heavy atom. The van der Waals surface area contributed by atoms with E-state index in [0.717, 1.165) is 55.5 Å². The van der Waals surface area contributed by atoms with E-state index in [4.69, 9.17) is 5.73 Å². The van der Waals surface area contributed by atoms with Crippen LogP contribution < -0.4 is 11.1 Å². The zero-order valence-electron chi connectivity index (χ0n) is 18.1. The molecule has 2 heterocycles. The maximum Gasteiger partial charge on any atom is 0.142 e. The lowest BCUT2D eigenvalue weighted by Gasteiger charge is -2.25. The molecule has 0 saturated carbocycles. The fourth-order valence-corrected chi connectivity index (χ4v) is 4.48. The van der Waals surface area contributed by atoms with Gasteiger partial charge in [-0.2, -0.15) is 5.26 Å². The number of hydrogen-bond acceptors (Lipinski definition) is 5. The van der Waals surface area contributed by atoms with Crippen molar-refractivity contribution in [2.45, 2.75) is 70.6 Å². The fourth-order valence-electron chi connectivity index (χ4n) is 4.48. The summed E-state index contributed by atoms with van der Waals surface area (Å²) in [6.07, 6.45) is 10.2. The number of unbranched alkanes of at least 4 members (excludes halogenated alkanes) is 5. The SMILES string of the molecule is CCCCCCCCc1cccc(O)c1-c1cc(C2CCNCC2)c(C#N)c(N)n1. The molecule has 5 heteroatoms. The van der Waals surface area contributed by atoms with E-state index in [-0.39, 0.29) is 17.5 Å². The first kappa shape index (κ1) is 22.1. The highest BCUT2D eigenvalue weighted by atomic mass is 16.3. The fraction of sp³-hybridized carbons (Fsp3) is 0.520. The molecule has 0 spiro atoms. The van der Waals surface area contributed by atoms with E-state index in [1.807, 2.05) is 12.1 Å². The Hall–Kier alpha value is -2.58. The topological polar surface area (TPSA) is 95.0 Å². The molecule has 1 aliphatic rings. The number of nitrogens with zero attached hydrogens (tertiary/aromatic N) is 2. The maximum atomic E-state index is 10.7. The van der Waals surface area contributed by atoms with Crippen molar-refractivity contribution in [2.24, 2.45) is 0 Å². The second-order valence-electron chi connectivity index (χ2n) is 8.32. The molecular formula is C25H34N4O. The molecule has 2 aromatic rings. The van der Waals surface area contributed by atoms with E-state index in [1.165, 1.54) is 32.1 Å². The van der Waals surface area contributed by atoms with Crippen LogP contribution in [0.2, 0.25) is 0 Å². The van der Waals surface area contributed by atoms with Crippen LogP contribution in [0.4, 0.5) is 5.82 Å². The second kappa shape index (κ2) is 11.0. The average molecular weight is 407 g/mol. The van der Waals surface area contributed by atoms with Gasteiger partial charge >= 0.3 is 0 Å². The van der Waals surface area contributed by atoms with Crippen molar-refractivity contribution >= 4 is 5.82 Å². The van der Waals surface area contributed by atoms with Gasteiger partial charge in [0.1, 0.15) is 17.6 Å². The summed E-state index contributed by atoms with van der Waals surface area (Å²) >= 11 is 0. The van der Waals surface area contributed by atoms with Crippen molar-refractivity contribution in [1.29, 1.82) is 5.26 Å². The predicted molar refractivity (Wildman–Crippen MR) is 122 cm³/mol. The number of nitrogen functional groups attached to an aromatic ring is 1. The number of aromatic hydroxyl groups is 1. The van der Waals surface area contributed by atoms with Crippen molar-refractivity contribution in [1.82, 2.24) is 10.3 Å². The Bertz CT molecular complexity index is 881. The largest absolute Gasteiger partial charge is 0.507 e. The first-order valence-electron chi connectivity index (χ1n) is 11.4. The normalized spacial score (nSPS) is 14.5. The van der Waals surface area contributed by atoms with Gasteiger partial charge in [-0.1, -0.05) is 51.2 Å². The van der Waals surface area contributed by atoms with Gasteiger partial charge in [0.2, 0.25) is 0 Å². The summed E-state index contributed by atoms with van der Waals surface area (Å²) in [5, 5.41) is 23.7. The van der Waals surface area contributed by atoms with Crippen LogP contribution in [-0.4, -0.2) is 23.2 Å². The van der Waals surface area contributed by atoms with Gasteiger partial charge in [0.25, 0.3) is 0 Å². The smallest absolute Gasteiger partial charge is 0.142 e. The highest BCUT2D eigenvalue weighted by Crippen LogP contribution is 2.37. The Kier molecular flexibility index (Phi) is 8.10. The number of phenolic OH excluding ortho intramolecular Hbond substituents is 1. The predicted octanol–water partition coefficient (Wildman–Crippen LogP) is 5.28. The van der Waals surface area contributed by atoms with Gasteiger partial charge in [-0.25, -0.2) is 4.98 Å². The lowest BCUT2D eigenvalue weighted by Crippen LogP contribution is -2.27. The minimum atomic E-state index is 0.228. The molecule has 0 radical (unpaired) electrons. The number of benzene rings is 1. The van der Waals surface area contributed by atoms with Crippen LogP contribution in [0.3, 0.4) is 0 Å². The van der Waals surface area contributed by atoms with E-state index in [1.54, 1.807) is 6.07 Å². The van der Waals surface area contributed by atoms with Gasteiger partial charge in [0.15, 0.2) is 0 Å². The number of nitriles is 1. The molecule has 1 aromatic heterocycles. The number of nitrogens with one attached hydrogen (secondary N) is 1. The van der Waals surface area contributed by atoms with Crippen LogP contribution in [0.25, 0.3) is 11.3 Å². The average Bonchev–Trinajstić information content (AvgIpc) is 2.76. The van der Waals surface area contributed by atoms with Crippen molar-refractivity contribution in [3.63, 3.8) is 0 Å². The molecule has 0 unspecified atom stereocenters. The molecule has 160 valence electrons. The van der Waals surface area contributed by atoms with Crippen LogP contribution in [-0.2, 0) is 6.42 Å². The van der Waals surface area contributed by atoms with Crippen LogP contribution in [0.5, 0.6) is 5.75 Å². The summed E-state index contributed by atoms with van der Waals surface area (Å²) in [6, 6.07) is 9.92. The molecule has 1 saturated heterocycles. The quantitative estimate of drug-likeness (QED) is 0.493. The summed E-state index contributed by atoms with van der Waals surface area (Å²) in [5.41, 5.74) is 10.2. The standard InChI is InChI=1S/C25H34N4O/c1-2-3-4-5-6-7-9-19-10-8-11-23(30)24(19)22-16-20(18-12-14-28-15-13-18)21(17-26)25(27)29-22/h8,10-11,16,18,28,30H,2-7,9,12-15H2,1H3,(H2,27,29). The van der Waals surface area contributed by atoms with Gasteiger partial charge in [-0.15, -0.1) is 0 Å². The monoisotopic (exact) mass is 406 g/mol. The number of aromatic nitrogens is 1. The number of piperidine rings is 1. The van der Waals surface area contributed by atoms with Crippen LogP contribution in [0.15, 0.2) is 24.3 Å². The molecule has 1 aliphatic heterocycles. The maximum absolute atomic E-state index is 10.7. The Balaban J connectivity index is 1.89. The van der Waals surface area contributed by atoms with Crippen LogP contribution >= 0.6 is 0 Å². The van der Waals surface area contributed by atoms with Gasteiger partial charge < -0.3 is 16.2 Å². The molecule has 0 bridgehead atoms. The van der Waals surface area contributed by atoms with E-state index in [0.29, 0.717) is 11.3 Å². The number of phenols is 1. The van der Waals surface area contributed by atoms with Crippen molar-refractivity contribution in [3.8, 4) is 23.1 Å². The van der Waals surface area contributed by atoms with Crippen molar-refractivity contribution < 1.29 is 5.11 Å². The van der Waals surface area contributed by atoms with Gasteiger partial charge in [0, 0.05) is 5.56 Å². The number of nitrogens with two attached hydrogens (primary N) is 1. The Morgan fingerprint density at radius 2 is 1.90 bits per heavy atom. The molecule has 5 nitrogen and oxygen atoms in total. The zero-order valence-corrected chi connectivity index (χ0v) is 18.1. The number of rotatable bonds is 9. The van der Waals surface area contributed by atoms with E-state index >= 15 is 0 Å². The highest BCUT2D eigenvalue weighted by Gasteiger charge is 2.23. The van der Waals surface area contributed by atoms with E-state index in [2.05, 4.69) is 29.4 Å². The molecule has 0 aliphatic carbocycles. The highest BCUT2D eigenvalue weighted by molar-refractivity contribution is 5.74. The Morgan fingerprint density at radius 3 is 2.63 bits per heavy atom. The van der Waals surface area contributed by atoms with E-state index < -0.39 is 0 Å². The first-order chi connectivity index (χ1) is 14.7. The van der Waals surface area contributed by atoms with Crippen LogP contribution in [0, 0.1) is 11.3 Å². The number of aryl methyl sites for hydroxylation is 1. The summed E-state index contributed by atoms with van der Waals surface area (Å²) in [4.78, 5) is 4.54. The van der Waals surface area contributed by atoms with Gasteiger partial charge in [-0.3, -0.25) is 0 Å². The Labute approximate surface area is 180 Å². The first-order valence-corrected chi connectivity index (χ1v) is 11.4. The number of anilines is 1. The molecule has 4 N–H and O–H groups in total. The third-order valence-electron chi connectivity index (χ3n) is 6.15. The minimum absolute atomic E-state index is 0.228. The summed E-state index contributed by atoms with van der Waals surface area (Å²) in [6.45, 7) is 4.10. The second-order valence-corrected chi connectivity index (χ2v) is 8.32. The number of pyridine rings is 1. The molecule has 0 atom stereocenters. The summed E-state index contributed by atoms with van der Waals surface area (Å²) < 4.78 is 0. The van der Waals surface area contributed by atoms with Crippen molar-refractivity contribution in [2.75, 3.05) is 18.8 Å². The summed E-state index contributed by atoms with van der Waals surface area (Å²) in [5.74, 6) is 0.779. The molecule has 30 heavy (non-hydrogen) atoms. The molecule has 0 amide bonds. The molecule has 1 aromatic carbocycles. The third kappa shape index (κ3) is 5.31. The van der Waals surface area contributed by atoms with Gasteiger partial charge in [0.05, 0.1) is 11.3 Å². The van der Waals surface area contributed by atoms with Crippen LogP contribution in [0.1, 0.15) is 80.9 Å². The lowest BCUT2D eigenvalue weighted by molar-refractivity contribution is 0.459. The third-order valence-corrected chi connectivity index (χ3v) is 6.15. The van der Waals surface area contributed by atoms with E-state index in [9.17, 15) is 10.4 Å². The zero-order chi connectivity index (χ0) is 21.3. The number of hydrogen-bond donors (Lipinski definition) is 3. The molecular weight excluding hydrogens is 372 g/mol.